The highest BCUT2D eigenvalue weighted by molar-refractivity contribution is 5.90. The summed E-state index contributed by atoms with van der Waals surface area (Å²) in [6.07, 6.45) is 12.4. The molecule has 10 atom stereocenters. The molecule has 1 saturated carbocycles. The minimum atomic E-state index is -1.40. The third kappa shape index (κ3) is 9.49. The summed E-state index contributed by atoms with van der Waals surface area (Å²) in [5, 5.41) is 32.3. The molecule has 3 aliphatic heterocycles. The maximum Gasteiger partial charge on any atom is 0.340 e. The second kappa shape index (κ2) is 21.6. The van der Waals surface area contributed by atoms with Gasteiger partial charge in [-0.2, -0.15) is 0 Å². The highest BCUT2D eigenvalue weighted by atomic mass is 16.6. The second-order valence-electron chi connectivity index (χ2n) is 21.6. The number of hydrogen-bond acceptors (Lipinski definition) is 11. The van der Waals surface area contributed by atoms with Gasteiger partial charge in [0.05, 0.1) is 31.3 Å². The zero-order valence-electron chi connectivity index (χ0n) is 42.8. The fourth-order valence-electron chi connectivity index (χ4n) is 13.7. The topological polar surface area (TPSA) is 162 Å². The number of carbonyl (C=O) groups is 2. The quantitative estimate of drug-likeness (QED) is 0.0402. The van der Waals surface area contributed by atoms with Crippen molar-refractivity contribution >= 4 is 22.9 Å². The van der Waals surface area contributed by atoms with Crippen molar-refractivity contribution in [3.63, 3.8) is 0 Å². The molecule has 1 fully saturated rings. The number of benzene rings is 4. The lowest BCUT2D eigenvalue weighted by Gasteiger charge is -2.56. The highest BCUT2D eigenvalue weighted by Crippen LogP contribution is 2.58. The van der Waals surface area contributed by atoms with E-state index in [0.29, 0.717) is 41.5 Å². The molecule has 11 heteroatoms. The second-order valence-corrected chi connectivity index (χ2v) is 21.6. The third-order valence-corrected chi connectivity index (χ3v) is 17.3. The number of methoxy groups -OCH3 is 1. The molecule has 388 valence electrons. The molecule has 11 nitrogen and oxygen atoms in total. The monoisotopic (exact) mass is 1010 g/mol. The fourth-order valence-corrected chi connectivity index (χ4v) is 13.7. The molecule has 4 heterocycles. The van der Waals surface area contributed by atoms with Gasteiger partial charge in [-0.1, -0.05) is 122 Å². The first-order valence-corrected chi connectivity index (χ1v) is 26.9. The van der Waals surface area contributed by atoms with Crippen LogP contribution in [0.1, 0.15) is 132 Å². The fraction of sp³-hybridized carbons (Fsp3) is 0.422. The number of aryl methyl sites for hydroxylation is 1. The van der Waals surface area contributed by atoms with Gasteiger partial charge in [-0.25, -0.2) is 9.59 Å². The number of hydrogen-bond donors (Lipinski definition) is 3. The molecule has 6 aliphatic rings. The van der Waals surface area contributed by atoms with Crippen molar-refractivity contribution in [1.29, 1.82) is 0 Å². The Kier molecular flexibility index (Phi) is 14.6. The van der Waals surface area contributed by atoms with Crippen LogP contribution in [0, 0.1) is 35.5 Å². The molecule has 1 spiro atoms. The summed E-state index contributed by atoms with van der Waals surface area (Å²) in [6, 6.07) is 29.1. The summed E-state index contributed by atoms with van der Waals surface area (Å²) < 4.78 is 33.5. The van der Waals surface area contributed by atoms with Crippen LogP contribution < -0.4 is 10.4 Å². The van der Waals surface area contributed by atoms with E-state index >= 15 is 9.59 Å². The van der Waals surface area contributed by atoms with E-state index in [2.05, 4.69) is 103 Å². The Hall–Kier alpha value is -6.55. The number of carbonyl (C=O) groups excluding carboxylic acids is 2. The maximum absolute atomic E-state index is 15.6. The van der Waals surface area contributed by atoms with Crippen molar-refractivity contribution in [2.24, 2.45) is 23.7 Å². The molecule has 4 aromatic carbocycles. The molecular weight excluding hydrogens is 945 g/mol. The van der Waals surface area contributed by atoms with Gasteiger partial charge in [-0.3, -0.25) is 4.79 Å². The van der Waals surface area contributed by atoms with Gasteiger partial charge in [0.1, 0.15) is 11.3 Å². The van der Waals surface area contributed by atoms with Crippen LogP contribution >= 0.6 is 0 Å². The molecule has 75 heavy (non-hydrogen) atoms. The van der Waals surface area contributed by atoms with E-state index < -0.39 is 53.8 Å². The first-order valence-electron chi connectivity index (χ1n) is 26.9. The van der Waals surface area contributed by atoms with Crippen LogP contribution in [0.4, 0.5) is 0 Å². The van der Waals surface area contributed by atoms with Gasteiger partial charge >= 0.3 is 17.6 Å². The molecule has 3 aliphatic carbocycles. The molecule has 3 N–H and O–H groups in total. The summed E-state index contributed by atoms with van der Waals surface area (Å²) in [7, 11) is 1.51. The Balaban J connectivity index is 1.13. The number of esters is 2. The van der Waals surface area contributed by atoms with E-state index in [9.17, 15) is 20.1 Å². The Morgan fingerprint density at radius 3 is 2.53 bits per heavy atom. The summed E-state index contributed by atoms with van der Waals surface area (Å²) in [5.74, 6) is 4.51. The summed E-state index contributed by atoms with van der Waals surface area (Å²) in [6.45, 7) is 0.655. The van der Waals surface area contributed by atoms with Crippen molar-refractivity contribution in [3.05, 3.63) is 181 Å². The van der Waals surface area contributed by atoms with Crippen LogP contribution in [0.15, 0.2) is 130 Å². The van der Waals surface area contributed by atoms with Gasteiger partial charge in [-0.15, -0.1) is 0 Å². The van der Waals surface area contributed by atoms with Gasteiger partial charge in [0, 0.05) is 66.8 Å². The van der Waals surface area contributed by atoms with E-state index in [4.69, 9.17) is 23.4 Å². The molecule has 0 amide bonds. The molecule has 0 radical (unpaired) electrons. The zero-order valence-corrected chi connectivity index (χ0v) is 42.8. The SMILES string of the molecule is COC[C@@H](CCO)c1c(CO)c2ccc3c(c2oc1=O)[C@H]1OC(=O)C[C@@H]2C[C@@H](c4cccc(Cc5ccccc5)c4)C=C[C@H]2c2ccc4cc2CC#C[C@@H]2C=C[C@@H]5CCCC[C@@H]5[C@]2(O3)[C@@H]1OC(=O)/C(=C(/C)CO)CC4. The molecule has 5 aromatic rings. The lowest BCUT2D eigenvalue weighted by Crippen LogP contribution is -2.66. The number of aliphatic hydroxyl groups is 3. The standard InChI is InChI=1S/C64H66O11/c1-38(35-66)49-23-18-40-19-24-50-45(31-40)15-9-16-48-22-20-42-13-6-7-17-54(42)64(48)61(74-62(49)69)60(58-55(75-64)27-26-52-53(36-67)57(63(70)73-59(52)58)46(28-29-65)37-71-2)72-56(68)34-47-33-44(21-25-51(47)50)43-14-8-12-41(32-43)30-39-10-4-3-5-11-39/h3-5,8,10-12,14,19-22,24-27,31-32,42,44,46-48,51,54,60-61,65-67H,6-7,13,15,17-18,23,28-30,33-37H2,1-2H3/b49-38-/t42-,44-,46+,47-,48+,51+,54-,60+,61+,64-/m0/s1. The van der Waals surface area contributed by atoms with Crippen LogP contribution in [-0.2, 0) is 49.7 Å². The van der Waals surface area contributed by atoms with Gasteiger partial charge in [-0.05, 0) is 120 Å². The lowest BCUT2D eigenvalue weighted by molar-refractivity contribution is -0.214. The highest BCUT2D eigenvalue weighted by Gasteiger charge is 2.65. The van der Waals surface area contributed by atoms with Crippen LogP contribution in [0.25, 0.3) is 11.0 Å². The summed E-state index contributed by atoms with van der Waals surface area (Å²) in [4.78, 5) is 45.5. The maximum atomic E-state index is 15.6. The van der Waals surface area contributed by atoms with E-state index in [1.165, 1.54) is 18.2 Å². The molecule has 1 aromatic heterocycles. The Labute approximate surface area is 438 Å². The molecule has 5 bridgehead atoms. The molecular formula is C64H66O11. The lowest BCUT2D eigenvalue weighted by atomic mass is 9.58. The zero-order chi connectivity index (χ0) is 51.8. The minimum Gasteiger partial charge on any atom is -0.481 e. The normalized spacial score (nSPS) is 27.9. The van der Waals surface area contributed by atoms with Crippen LogP contribution in [0.2, 0.25) is 0 Å². The van der Waals surface area contributed by atoms with E-state index in [1.807, 2.05) is 6.07 Å². The summed E-state index contributed by atoms with van der Waals surface area (Å²) >= 11 is 0. The van der Waals surface area contributed by atoms with E-state index in [-0.39, 0.29) is 90.9 Å². The van der Waals surface area contributed by atoms with Crippen LogP contribution in [0.3, 0.4) is 0 Å². The first-order chi connectivity index (χ1) is 36.6. The third-order valence-electron chi connectivity index (χ3n) is 17.3. The molecule has 11 rings (SSSR count). The van der Waals surface area contributed by atoms with Crippen LogP contribution in [-0.4, -0.2) is 65.9 Å². The number of rotatable bonds is 10. The Bertz CT molecular complexity index is 3200. The van der Waals surface area contributed by atoms with Gasteiger partial charge in [0.15, 0.2) is 17.8 Å². The molecule has 0 unspecified atom stereocenters. The van der Waals surface area contributed by atoms with Crippen molar-refractivity contribution < 1.29 is 48.3 Å². The summed E-state index contributed by atoms with van der Waals surface area (Å²) in [5.41, 5.74) is 6.06. The van der Waals surface area contributed by atoms with Crippen molar-refractivity contribution in [2.45, 2.75) is 120 Å². The number of fused-ring (bicyclic) bond motifs is 9. The van der Waals surface area contributed by atoms with Crippen LogP contribution in [0.5, 0.6) is 5.75 Å². The minimum absolute atomic E-state index is 0.00220. The van der Waals surface area contributed by atoms with Crippen molar-refractivity contribution in [3.8, 4) is 17.6 Å². The first kappa shape index (κ1) is 50.6. The average molecular weight is 1010 g/mol. The average Bonchev–Trinajstić information content (AvgIpc) is 3.42. The number of aliphatic hydroxyl groups excluding tert-OH is 3. The predicted molar refractivity (Wildman–Crippen MR) is 284 cm³/mol. The number of allylic oxidation sites excluding steroid dienone is 3. The van der Waals surface area contributed by atoms with E-state index in [1.54, 1.807) is 19.1 Å². The predicted octanol–water partition coefficient (Wildman–Crippen LogP) is 9.96. The number of ether oxygens (including phenoxy) is 4. The Morgan fingerprint density at radius 2 is 1.72 bits per heavy atom. The van der Waals surface area contributed by atoms with Crippen molar-refractivity contribution in [1.82, 2.24) is 0 Å². The van der Waals surface area contributed by atoms with Gasteiger partial charge in [0.25, 0.3) is 0 Å². The smallest absolute Gasteiger partial charge is 0.340 e. The van der Waals surface area contributed by atoms with Gasteiger partial charge in [0.2, 0.25) is 0 Å². The van der Waals surface area contributed by atoms with Gasteiger partial charge < -0.3 is 38.7 Å². The van der Waals surface area contributed by atoms with Crippen molar-refractivity contribution in [2.75, 3.05) is 26.9 Å². The molecule has 0 saturated heterocycles. The van der Waals surface area contributed by atoms with E-state index in [0.717, 1.165) is 54.4 Å². The largest absolute Gasteiger partial charge is 0.481 e. The Morgan fingerprint density at radius 1 is 0.880 bits per heavy atom.